The van der Waals surface area contributed by atoms with Gasteiger partial charge in [-0.3, -0.25) is 4.99 Å². The van der Waals surface area contributed by atoms with Crippen LogP contribution in [0.25, 0.3) is 0 Å². The standard InChI is InChI=1S/C20H34N4.HI/c1-4-17-8-7-9-18(5-2)19(17)23-20(21)22-13-10-16-11-14-24(6-3)15-12-16;/h7-9,16H,4-6,10-15H2,1-3H3,(H3,21,22,23);1H. The second-order valence-corrected chi connectivity index (χ2v) is 6.72. The molecule has 4 nitrogen and oxygen atoms in total. The summed E-state index contributed by atoms with van der Waals surface area (Å²) >= 11 is 0. The number of hydrogen-bond acceptors (Lipinski definition) is 2. The molecular formula is C20H35IN4. The summed E-state index contributed by atoms with van der Waals surface area (Å²) in [5.41, 5.74) is 9.91. The quantitative estimate of drug-likeness (QED) is 0.365. The summed E-state index contributed by atoms with van der Waals surface area (Å²) in [6.45, 7) is 11.1. The van der Waals surface area contributed by atoms with Crippen molar-refractivity contribution in [1.82, 2.24) is 4.90 Å². The van der Waals surface area contributed by atoms with Crippen LogP contribution >= 0.6 is 24.0 Å². The monoisotopic (exact) mass is 458 g/mol. The van der Waals surface area contributed by atoms with Crippen molar-refractivity contribution >= 4 is 35.6 Å². The highest BCUT2D eigenvalue weighted by Crippen LogP contribution is 2.23. The molecule has 1 fully saturated rings. The van der Waals surface area contributed by atoms with Crippen molar-refractivity contribution < 1.29 is 0 Å². The van der Waals surface area contributed by atoms with Crippen molar-refractivity contribution in [3.05, 3.63) is 29.3 Å². The Kier molecular flexibility index (Phi) is 10.4. The van der Waals surface area contributed by atoms with E-state index < -0.39 is 0 Å². The number of aryl methyl sites for hydroxylation is 2. The number of anilines is 1. The highest BCUT2D eigenvalue weighted by molar-refractivity contribution is 14.0. The third kappa shape index (κ3) is 6.77. The second-order valence-electron chi connectivity index (χ2n) is 6.72. The molecule has 3 N–H and O–H groups in total. The first-order valence-electron chi connectivity index (χ1n) is 9.57. The fraction of sp³-hybridized carbons (Fsp3) is 0.650. The molecule has 0 amide bonds. The van der Waals surface area contributed by atoms with Gasteiger partial charge in [0.15, 0.2) is 5.96 Å². The van der Waals surface area contributed by atoms with E-state index in [0.29, 0.717) is 5.96 Å². The molecule has 0 aromatic heterocycles. The van der Waals surface area contributed by atoms with Gasteiger partial charge in [-0.15, -0.1) is 24.0 Å². The van der Waals surface area contributed by atoms with Crippen molar-refractivity contribution in [3.8, 4) is 0 Å². The van der Waals surface area contributed by atoms with Gasteiger partial charge in [-0.25, -0.2) is 0 Å². The van der Waals surface area contributed by atoms with E-state index >= 15 is 0 Å². The minimum atomic E-state index is 0. The highest BCUT2D eigenvalue weighted by atomic mass is 127. The van der Waals surface area contributed by atoms with Crippen LogP contribution in [0.3, 0.4) is 0 Å². The van der Waals surface area contributed by atoms with Gasteiger partial charge in [-0.1, -0.05) is 39.0 Å². The van der Waals surface area contributed by atoms with Crippen LogP contribution in [0.15, 0.2) is 23.2 Å². The Labute approximate surface area is 170 Å². The fourth-order valence-electron chi connectivity index (χ4n) is 3.53. The molecule has 0 spiro atoms. The molecule has 1 aliphatic heterocycles. The zero-order valence-corrected chi connectivity index (χ0v) is 18.4. The maximum absolute atomic E-state index is 6.14. The van der Waals surface area contributed by atoms with Crippen LogP contribution in [0.1, 0.15) is 51.2 Å². The number of guanidine groups is 1. The number of nitrogens with two attached hydrogens (primary N) is 1. The van der Waals surface area contributed by atoms with Crippen LogP contribution < -0.4 is 11.1 Å². The molecule has 0 bridgehead atoms. The average Bonchev–Trinajstić information content (AvgIpc) is 2.62. The van der Waals surface area contributed by atoms with Crippen LogP contribution in [0.5, 0.6) is 0 Å². The lowest BCUT2D eigenvalue weighted by Crippen LogP contribution is -2.33. The summed E-state index contributed by atoms with van der Waals surface area (Å²) in [4.78, 5) is 7.10. The zero-order valence-electron chi connectivity index (χ0n) is 16.1. The van der Waals surface area contributed by atoms with Crippen LogP contribution in [0.4, 0.5) is 5.69 Å². The number of aliphatic imine (C=N–C) groups is 1. The van der Waals surface area contributed by atoms with E-state index in [9.17, 15) is 0 Å². The number of nitrogens with one attached hydrogen (secondary N) is 1. The van der Waals surface area contributed by atoms with Crippen molar-refractivity contribution in [1.29, 1.82) is 0 Å². The van der Waals surface area contributed by atoms with E-state index in [1.165, 1.54) is 43.6 Å². The first-order valence-corrected chi connectivity index (χ1v) is 9.57. The Bertz CT molecular complexity index is 514. The number of benzene rings is 1. The average molecular weight is 458 g/mol. The van der Waals surface area contributed by atoms with Gasteiger partial charge in [0.05, 0.1) is 0 Å². The van der Waals surface area contributed by atoms with Gasteiger partial charge < -0.3 is 16.0 Å². The number of hydrogen-bond donors (Lipinski definition) is 2. The molecule has 2 rings (SSSR count). The fourth-order valence-corrected chi connectivity index (χ4v) is 3.53. The van der Waals surface area contributed by atoms with Crippen molar-refractivity contribution in [2.45, 2.75) is 52.9 Å². The zero-order chi connectivity index (χ0) is 17.4. The number of piperidine rings is 1. The summed E-state index contributed by atoms with van der Waals surface area (Å²) in [5, 5.41) is 3.35. The normalized spacial score (nSPS) is 16.5. The smallest absolute Gasteiger partial charge is 0.193 e. The maximum Gasteiger partial charge on any atom is 0.193 e. The molecule has 5 heteroatoms. The molecule has 142 valence electrons. The molecule has 1 aromatic rings. The molecule has 0 atom stereocenters. The van der Waals surface area contributed by atoms with E-state index in [4.69, 9.17) is 5.73 Å². The lowest BCUT2D eigenvalue weighted by molar-refractivity contribution is 0.188. The topological polar surface area (TPSA) is 53.6 Å². The summed E-state index contributed by atoms with van der Waals surface area (Å²) < 4.78 is 0. The predicted molar refractivity (Wildman–Crippen MR) is 120 cm³/mol. The van der Waals surface area contributed by atoms with Crippen LogP contribution in [0, 0.1) is 5.92 Å². The lowest BCUT2D eigenvalue weighted by Gasteiger charge is -2.30. The third-order valence-corrected chi connectivity index (χ3v) is 5.23. The molecule has 0 radical (unpaired) electrons. The summed E-state index contributed by atoms with van der Waals surface area (Å²) in [5.74, 6) is 1.36. The molecule has 1 aliphatic rings. The molecule has 1 heterocycles. The van der Waals surface area contributed by atoms with E-state index in [1.54, 1.807) is 0 Å². The second kappa shape index (κ2) is 11.7. The first kappa shape index (κ1) is 22.2. The molecular weight excluding hydrogens is 423 g/mol. The van der Waals surface area contributed by atoms with Crippen molar-refractivity contribution in [3.63, 3.8) is 0 Å². The van der Waals surface area contributed by atoms with Gasteiger partial charge in [-0.2, -0.15) is 0 Å². The van der Waals surface area contributed by atoms with E-state index in [1.807, 2.05) is 0 Å². The number of likely N-dealkylation sites (tertiary alicyclic amines) is 1. The van der Waals surface area contributed by atoms with Crippen LogP contribution in [-0.4, -0.2) is 37.0 Å². The highest BCUT2D eigenvalue weighted by Gasteiger charge is 2.17. The Morgan fingerprint density at radius 1 is 1.16 bits per heavy atom. The van der Waals surface area contributed by atoms with Gasteiger partial charge >= 0.3 is 0 Å². The van der Waals surface area contributed by atoms with Gasteiger partial charge in [-0.05, 0) is 68.8 Å². The SMILES string of the molecule is CCc1cccc(CC)c1NC(N)=NCCC1CCN(CC)CC1.I. The Hall–Kier alpha value is -0.820. The summed E-state index contributed by atoms with van der Waals surface area (Å²) in [6, 6.07) is 6.45. The van der Waals surface area contributed by atoms with E-state index in [2.05, 4.69) is 54.2 Å². The van der Waals surface area contributed by atoms with Gasteiger partial charge in [0.2, 0.25) is 0 Å². The molecule has 25 heavy (non-hydrogen) atoms. The minimum absolute atomic E-state index is 0. The number of para-hydroxylation sites is 1. The maximum atomic E-state index is 6.14. The number of nitrogens with zero attached hydrogens (tertiary/aromatic N) is 2. The first-order chi connectivity index (χ1) is 11.7. The Morgan fingerprint density at radius 3 is 2.28 bits per heavy atom. The Morgan fingerprint density at radius 2 is 1.76 bits per heavy atom. The summed E-state index contributed by atoms with van der Waals surface area (Å²) in [6.07, 6.45) is 5.75. The predicted octanol–water partition coefficient (Wildman–Crippen LogP) is 4.28. The Balaban J connectivity index is 0.00000312. The van der Waals surface area contributed by atoms with Crippen LogP contribution in [0.2, 0.25) is 0 Å². The molecule has 1 saturated heterocycles. The van der Waals surface area contributed by atoms with Gasteiger partial charge in [0.1, 0.15) is 0 Å². The number of halogens is 1. The van der Waals surface area contributed by atoms with E-state index in [0.717, 1.165) is 37.4 Å². The molecule has 0 saturated carbocycles. The van der Waals surface area contributed by atoms with Crippen LogP contribution in [-0.2, 0) is 12.8 Å². The van der Waals surface area contributed by atoms with Gasteiger partial charge in [0.25, 0.3) is 0 Å². The molecule has 0 aliphatic carbocycles. The minimum Gasteiger partial charge on any atom is -0.370 e. The lowest BCUT2D eigenvalue weighted by atomic mass is 9.94. The van der Waals surface area contributed by atoms with Gasteiger partial charge in [0, 0.05) is 12.2 Å². The van der Waals surface area contributed by atoms with E-state index in [-0.39, 0.29) is 24.0 Å². The van der Waals surface area contributed by atoms with Crippen molar-refractivity contribution in [2.24, 2.45) is 16.6 Å². The molecule has 1 aromatic carbocycles. The molecule has 0 unspecified atom stereocenters. The largest absolute Gasteiger partial charge is 0.370 e. The third-order valence-electron chi connectivity index (χ3n) is 5.23. The van der Waals surface area contributed by atoms with Crippen molar-refractivity contribution in [2.75, 3.05) is 31.5 Å². The number of rotatable bonds is 7. The summed E-state index contributed by atoms with van der Waals surface area (Å²) in [7, 11) is 0.